The number of carbonyl (C=O) groups excluding carboxylic acids is 1. The fourth-order valence-corrected chi connectivity index (χ4v) is 1.52. The Labute approximate surface area is 113 Å². The van der Waals surface area contributed by atoms with Crippen LogP contribution in [-0.4, -0.2) is 36.3 Å². The smallest absolute Gasteiger partial charge is 0.234 e. The number of amides is 1. The number of nitrogens with one attached hydrogen (secondary N) is 1. The van der Waals surface area contributed by atoms with Gasteiger partial charge in [0, 0.05) is 6.54 Å². The van der Waals surface area contributed by atoms with Crippen LogP contribution in [0.2, 0.25) is 0 Å². The number of hydrogen-bond acceptors (Lipinski definition) is 4. The van der Waals surface area contributed by atoms with Crippen LogP contribution in [0.15, 0.2) is 24.3 Å². The first-order chi connectivity index (χ1) is 9.02. The lowest BCUT2D eigenvalue weighted by Crippen LogP contribution is -2.43. The van der Waals surface area contributed by atoms with E-state index >= 15 is 0 Å². The van der Waals surface area contributed by atoms with Crippen LogP contribution in [0.1, 0.15) is 19.4 Å². The highest BCUT2D eigenvalue weighted by molar-refractivity contribution is 5.79. The first-order valence-corrected chi connectivity index (χ1v) is 6.45. The van der Waals surface area contributed by atoms with Crippen LogP contribution in [0.5, 0.6) is 5.75 Å². The molecule has 0 spiro atoms. The molecule has 0 saturated heterocycles. The zero-order valence-corrected chi connectivity index (χ0v) is 11.4. The molecular formula is C14H22N2O3. The highest BCUT2D eigenvalue weighted by atomic mass is 16.5. The number of ether oxygens (including phenoxy) is 1. The predicted octanol–water partition coefficient (Wildman–Crippen LogP) is 0.452. The van der Waals surface area contributed by atoms with Crippen molar-refractivity contribution in [2.75, 3.05) is 13.2 Å². The molecule has 0 aliphatic rings. The number of rotatable bonds is 8. The van der Waals surface area contributed by atoms with Gasteiger partial charge in [0.2, 0.25) is 5.91 Å². The molecule has 2 atom stereocenters. The van der Waals surface area contributed by atoms with Crippen LogP contribution < -0.4 is 15.8 Å². The van der Waals surface area contributed by atoms with E-state index in [1.165, 1.54) is 5.56 Å². The summed E-state index contributed by atoms with van der Waals surface area (Å²) in [5.41, 5.74) is 6.29. The summed E-state index contributed by atoms with van der Waals surface area (Å²) in [5.74, 6) is 0.296. The molecule has 0 aromatic heterocycles. The molecule has 5 heteroatoms. The minimum Gasteiger partial charge on any atom is -0.491 e. The lowest BCUT2D eigenvalue weighted by atomic mass is 10.2. The van der Waals surface area contributed by atoms with Crippen molar-refractivity contribution in [3.05, 3.63) is 29.8 Å². The summed E-state index contributed by atoms with van der Waals surface area (Å²) in [6.45, 7) is 4.16. The molecule has 0 aliphatic carbocycles. The van der Waals surface area contributed by atoms with E-state index in [1.807, 2.05) is 24.3 Å². The van der Waals surface area contributed by atoms with Crippen LogP contribution in [0.25, 0.3) is 0 Å². The Morgan fingerprint density at radius 2 is 2.26 bits per heavy atom. The number of benzene rings is 1. The van der Waals surface area contributed by atoms with Gasteiger partial charge in [0.15, 0.2) is 0 Å². The van der Waals surface area contributed by atoms with Crippen molar-refractivity contribution in [2.45, 2.75) is 32.4 Å². The fraction of sp³-hybridized carbons (Fsp3) is 0.500. The van der Waals surface area contributed by atoms with Gasteiger partial charge in [-0.05, 0) is 31.0 Å². The third-order valence-electron chi connectivity index (χ3n) is 2.84. The summed E-state index contributed by atoms with van der Waals surface area (Å²) in [7, 11) is 0. The fourth-order valence-electron chi connectivity index (χ4n) is 1.52. The van der Waals surface area contributed by atoms with Crippen LogP contribution in [0.3, 0.4) is 0 Å². The summed E-state index contributed by atoms with van der Waals surface area (Å²) in [5, 5.41) is 12.6. The lowest BCUT2D eigenvalue weighted by Gasteiger charge is -2.15. The third kappa shape index (κ3) is 5.72. The van der Waals surface area contributed by atoms with Crippen molar-refractivity contribution in [3.8, 4) is 5.75 Å². The topological polar surface area (TPSA) is 84.6 Å². The number of aliphatic hydroxyl groups is 1. The largest absolute Gasteiger partial charge is 0.491 e. The Bertz CT molecular complexity index is 409. The van der Waals surface area contributed by atoms with Crippen molar-refractivity contribution < 1.29 is 14.6 Å². The van der Waals surface area contributed by atoms with E-state index in [0.29, 0.717) is 0 Å². The van der Waals surface area contributed by atoms with Crippen molar-refractivity contribution in [2.24, 2.45) is 5.73 Å². The van der Waals surface area contributed by atoms with Gasteiger partial charge in [-0.2, -0.15) is 0 Å². The van der Waals surface area contributed by atoms with Crippen LogP contribution >= 0.6 is 0 Å². The van der Waals surface area contributed by atoms with Gasteiger partial charge in [-0.3, -0.25) is 4.79 Å². The highest BCUT2D eigenvalue weighted by Gasteiger charge is 2.11. The summed E-state index contributed by atoms with van der Waals surface area (Å²) < 4.78 is 5.50. The SMILES string of the molecule is CCc1cccc(OCC(O)CNC(C)C(N)=O)c1. The molecule has 19 heavy (non-hydrogen) atoms. The minimum atomic E-state index is -0.688. The van der Waals surface area contributed by atoms with Crippen molar-refractivity contribution in [1.82, 2.24) is 5.32 Å². The molecule has 2 unspecified atom stereocenters. The number of hydrogen-bond donors (Lipinski definition) is 3. The Morgan fingerprint density at radius 3 is 2.89 bits per heavy atom. The van der Waals surface area contributed by atoms with Crippen molar-refractivity contribution in [3.63, 3.8) is 0 Å². The molecule has 0 fully saturated rings. The van der Waals surface area contributed by atoms with Gasteiger partial charge in [0.05, 0.1) is 6.04 Å². The minimum absolute atomic E-state index is 0.172. The first kappa shape index (κ1) is 15.5. The number of aryl methyl sites for hydroxylation is 1. The Hall–Kier alpha value is -1.59. The first-order valence-electron chi connectivity index (χ1n) is 6.45. The van der Waals surface area contributed by atoms with Gasteiger partial charge >= 0.3 is 0 Å². The van der Waals surface area contributed by atoms with Crippen LogP contribution in [-0.2, 0) is 11.2 Å². The second-order valence-corrected chi connectivity index (χ2v) is 4.50. The Balaban J connectivity index is 2.33. The van der Waals surface area contributed by atoms with E-state index in [-0.39, 0.29) is 13.2 Å². The quantitative estimate of drug-likeness (QED) is 0.638. The van der Waals surface area contributed by atoms with E-state index in [1.54, 1.807) is 6.92 Å². The van der Waals surface area contributed by atoms with Gasteiger partial charge in [0.1, 0.15) is 18.5 Å². The molecule has 0 heterocycles. The predicted molar refractivity (Wildman–Crippen MR) is 74.0 cm³/mol. The van der Waals surface area contributed by atoms with Gasteiger partial charge in [-0.25, -0.2) is 0 Å². The summed E-state index contributed by atoms with van der Waals surface area (Å²) in [4.78, 5) is 10.8. The standard InChI is InChI=1S/C14H22N2O3/c1-3-11-5-4-6-13(7-11)19-9-12(17)8-16-10(2)14(15)18/h4-7,10,12,16-17H,3,8-9H2,1-2H3,(H2,15,18). The Morgan fingerprint density at radius 1 is 1.53 bits per heavy atom. The average Bonchev–Trinajstić information content (AvgIpc) is 2.42. The van der Waals surface area contributed by atoms with Gasteiger partial charge in [0.25, 0.3) is 0 Å². The molecule has 1 aromatic carbocycles. The Kier molecular flexibility index (Phi) is 6.32. The maximum atomic E-state index is 10.8. The number of nitrogens with two attached hydrogens (primary N) is 1. The van der Waals surface area contributed by atoms with E-state index in [2.05, 4.69) is 12.2 Å². The molecule has 0 radical (unpaired) electrons. The van der Waals surface area contributed by atoms with E-state index < -0.39 is 18.1 Å². The maximum absolute atomic E-state index is 10.8. The maximum Gasteiger partial charge on any atom is 0.234 e. The molecule has 1 rings (SSSR count). The molecule has 4 N–H and O–H groups in total. The molecule has 1 amide bonds. The number of carbonyl (C=O) groups is 1. The monoisotopic (exact) mass is 266 g/mol. The molecule has 106 valence electrons. The number of primary amides is 1. The van der Waals surface area contributed by atoms with Crippen molar-refractivity contribution in [1.29, 1.82) is 0 Å². The molecule has 0 aliphatic heterocycles. The molecular weight excluding hydrogens is 244 g/mol. The second kappa shape index (κ2) is 7.76. The van der Waals surface area contributed by atoms with Gasteiger partial charge in [-0.1, -0.05) is 19.1 Å². The highest BCUT2D eigenvalue weighted by Crippen LogP contribution is 2.13. The van der Waals surface area contributed by atoms with Gasteiger partial charge < -0.3 is 20.9 Å². The number of aliphatic hydroxyl groups excluding tert-OH is 1. The normalized spacial score (nSPS) is 13.8. The van der Waals surface area contributed by atoms with E-state index in [4.69, 9.17) is 10.5 Å². The van der Waals surface area contributed by atoms with E-state index in [9.17, 15) is 9.90 Å². The summed E-state index contributed by atoms with van der Waals surface area (Å²) in [6, 6.07) is 7.29. The van der Waals surface area contributed by atoms with Gasteiger partial charge in [-0.15, -0.1) is 0 Å². The van der Waals surface area contributed by atoms with E-state index in [0.717, 1.165) is 12.2 Å². The summed E-state index contributed by atoms with van der Waals surface area (Å²) in [6.07, 6.45) is 0.254. The van der Waals surface area contributed by atoms with Crippen LogP contribution in [0.4, 0.5) is 0 Å². The zero-order chi connectivity index (χ0) is 14.3. The molecule has 1 aromatic rings. The average molecular weight is 266 g/mol. The third-order valence-corrected chi connectivity index (χ3v) is 2.84. The second-order valence-electron chi connectivity index (χ2n) is 4.50. The molecule has 0 bridgehead atoms. The molecule has 5 nitrogen and oxygen atoms in total. The van der Waals surface area contributed by atoms with Crippen LogP contribution in [0, 0.1) is 0 Å². The zero-order valence-electron chi connectivity index (χ0n) is 11.4. The van der Waals surface area contributed by atoms with Crippen molar-refractivity contribution >= 4 is 5.91 Å². The lowest BCUT2D eigenvalue weighted by molar-refractivity contribution is -0.119. The summed E-state index contributed by atoms with van der Waals surface area (Å²) >= 11 is 0. The molecule has 0 saturated carbocycles.